The van der Waals surface area contributed by atoms with Gasteiger partial charge in [-0.3, -0.25) is 9.78 Å². The van der Waals surface area contributed by atoms with E-state index in [-0.39, 0.29) is 30.2 Å². The Kier molecular flexibility index (Phi) is 7.87. The molecule has 1 amide bonds. The van der Waals surface area contributed by atoms with Crippen LogP contribution in [-0.2, 0) is 9.53 Å². The van der Waals surface area contributed by atoms with Gasteiger partial charge in [-0.15, -0.1) is 0 Å². The first-order valence-electron chi connectivity index (χ1n) is 13.1. The van der Waals surface area contributed by atoms with E-state index in [0.29, 0.717) is 10.8 Å². The summed E-state index contributed by atoms with van der Waals surface area (Å²) in [6, 6.07) is 20.2. The highest BCUT2D eigenvalue weighted by Crippen LogP contribution is 2.44. The summed E-state index contributed by atoms with van der Waals surface area (Å²) in [4.78, 5) is 30.3. The molecule has 0 spiro atoms. The topological polar surface area (TPSA) is 109 Å². The monoisotopic (exact) mass is 569 g/mol. The number of hydrogen-bond acceptors (Lipinski definition) is 5. The second kappa shape index (κ2) is 11.5. The highest BCUT2D eigenvalue weighted by Gasteiger charge is 2.42. The molecule has 1 aliphatic rings. The van der Waals surface area contributed by atoms with Crippen molar-refractivity contribution in [3.63, 3.8) is 0 Å². The van der Waals surface area contributed by atoms with Crippen molar-refractivity contribution in [2.45, 2.75) is 32.9 Å². The van der Waals surface area contributed by atoms with Crippen molar-refractivity contribution in [1.29, 1.82) is 0 Å². The Morgan fingerprint density at radius 3 is 2.41 bits per heavy atom. The zero-order valence-electron chi connectivity index (χ0n) is 23.2. The number of aromatic nitrogens is 2. The second-order valence-electron chi connectivity index (χ2n) is 9.99. The molecule has 2 unspecified atom stereocenters. The van der Waals surface area contributed by atoms with Crippen molar-refractivity contribution in [3.05, 3.63) is 107 Å². The summed E-state index contributed by atoms with van der Waals surface area (Å²) in [6.07, 6.45) is 1.77. The number of carbonyl (C=O) groups excluding carboxylic acids is 1. The lowest BCUT2D eigenvalue weighted by molar-refractivity contribution is -0.119. The van der Waals surface area contributed by atoms with Crippen LogP contribution >= 0.6 is 12.2 Å². The van der Waals surface area contributed by atoms with Gasteiger partial charge in [0.2, 0.25) is 5.91 Å². The van der Waals surface area contributed by atoms with Crippen molar-refractivity contribution in [1.82, 2.24) is 14.9 Å². The minimum atomic E-state index is -0.961. The van der Waals surface area contributed by atoms with Crippen molar-refractivity contribution < 1.29 is 19.4 Å². The molecule has 0 saturated carbocycles. The van der Waals surface area contributed by atoms with E-state index in [2.05, 4.69) is 38.1 Å². The van der Waals surface area contributed by atoms with E-state index in [1.165, 1.54) is 7.11 Å². The third-order valence-electron chi connectivity index (χ3n) is 7.30. The summed E-state index contributed by atoms with van der Waals surface area (Å²) < 4.78 is 7.06. The molecule has 1 fully saturated rings. The number of hydrogen-bond donors (Lipinski definition) is 3. The molecule has 210 valence electrons. The smallest absolute Gasteiger partial charge is 0.335 e. The molecule has 10 heteroatoms. The summed E-state index contributed by atoms with van der Waals surface area (Å²) in [7, 11) is 1.48. The molecule has 5 rings (SSSR count). The Morgan fingerprint density at radius 1 is 1.05 bits per heavy atom. The molecule has 4 aromatic rings. The zero-order valence-corrected chi connectivity index (χ0v) is 24.0. The van der Waals surface area contributed by atoms with Crippen molar-refractivity contribution in [3.8, 4) is 5.69 Å². The number of methoxy groups -OCH3 is 1. The lowest BCUT2D eigenvalue weighted by atomic mass is 9.96. The van der Waals surface area contributed by atoms with Crippen molar-refractivity contribution in [2.75, 3.05) is 23.9 Å². The lowest BCUT2D eigenvalue weighted by Crippen LogP contribution is -2.29. The molecule has 2 aromatic heterocycles. The third-order valence-corrected chi connectivity index (χ3v) is 7.61. The van der Waals surface area contributed by atoms with Crippen LogP contribution in [0.4, 0.5) is 11.4 Å². The normalized spacial score (nSPS) is 16.5. The lowest BCUT2D eigenvalue weighted by Gasteiger charge is -2.29. The molecule has 2 atom stereocenters. The number of ether oxygens (including phenoxy) is 1. The van der Waals surface area contributed by atoms with Crippen LogP contribution in [0.2, 0.25) is 0 Å². The Morgan fingerprint density at radius 2 is 1.78 bits per heavy atom. The molecule has 0 bridgehead atoms. The first-order valence-corrected chi connectivity index (χ1v) is 13.5. The summed E-state index contributed by atoms with van der Waals surface area (Å²) >= 11 is 5.91. The van der Waals surface area contributed by atoms with E-state index >= 15 is 0 Å². The average molecular weight is 570 g/mol. The molecule has 9 nitrogen and oxygen atoms in total. The molecule has 3 N–H and O–H groups in total. The van der Waals surface area contributed by atoms with Gasteiger partial charge in [0, 0.05) is 41.8 Å². The Bertz CT molecular complexity index is 1620. The van der Waals surface area contributed by atoms with Gasteiger partial charge in [-0.1, -0.05) is 6.07 Å². The quantitative estimate of drug-likeness (QED) is 0.247. The van der Waals surface area contributed by atoms with Crippen LogP contribution in [0.25, 0.3) is 5.69 Å². The van der Waals surface area contributed by atoms with Crippen LogP contribution in [0.3, 0.4) is 0 Å². The number of rotatable bonds is 8. The highest BCUT2D eigenvalue weighted by atomic mass is 32.1. The minimum absolute atomic E-state index is 0.0240. The Hall–Kier alpha value is -4.54. The van der Waals surface area contributed by atoms with Gasteiger partial charge in [0.05, 0.1) is 23.3 Å². The Labute approximate surface area is 243 Å². The predicted molar refractivity (Wildman–Crippen MR) is 162 cm³/mol. The molecular formula is C31H31N5O4S. The number of thiocarbonyl (C=S) groups is 1. The first-order chi connectivity index (χ1) is 19.7. The number of aryl methyl sites for hydroxylation is 2. The fourth-order valence-corrected chi connectivity index (χ4v) is 5.79. The average Bonchev–Trinajstić information content (AvgIpc) is 3.45. The van der Waals surface area contributed by atoms with Crippen LogP contribution in [0.15, 0.2) is 72.9 Å². The molecule has 0 aliphatic carbocycles. The summed E-state index contributed by atoms with van der Waals surface area (Å²) in [5, 5.41) is 16.3. The molecule has 3 heterocycles. The van der Waals surface area contributed by atoms with Crippen LogP contribution in [0.5, 0.6) is 0 Å². The largest absolute Gasteiger partial charge is 0.478 e. The molecule has 2 aromatic carbocycles. The number of anilines is 2. The second-order valence-corrected chi connectivity index (χ2v) is 10.4. The van der Waals surface area contributed by atoms with Gasteiger partial charge in [-0.05, 0) is 105 Å². The number of aromatic carboxylic acids is 1. The third kappa shape index (κ3) is 5.44. The number of carboxylic acid groups (broad SMARTS) is 1. The Balaban J connectivity index is 1.59. The number of carbonyl (C=O) groups is 2. The summed E-state index contributed by atoms with van der Waals surface area (Å²) in [5.41, 5.74) is 7.51. The minimum Gasteiger partial charge on any atom is -0.478 e. The number of nitrogens with one attached hydrogen (secondary N) is 2. The number of benzene rings is 2. The molecule has 1 aliphatic heterocycles. The van der Waals surface area contributed by atoms with Gasteiger partial charge in [-0.2, -0.15) is 0 Å². The van der Waals surface area contributed by atoms with E-state index in [1.54, 1.807) is 18.3 Å². The van der Waals surface area contributed by atoms with E-state index in [9.17, 15) is 14.7 Å². The van der Waals surface area contributed by atoms with Crippen molar-refractivity contribution >= 4 is 40.6 Å². The van der Waals surface area contributed by atoms with Crippen molar-refractivity contribution in [2.24, 2.45) is 0 Å². The SMILES string of the molecule is COCC(=O)Nc1ccc(N2C(=S)NC(c3ccccn3)C2c2cc(C)n(-c3ccc(C(=O)O)cc3)c2C)cc1C. The number of pyridine rings is 1. The first kappa shape index (κ1) is 28.0. The zero-order chi connectivity index (χ0) is 29.3. The van der Waals surface area contributed by atoms with Gasteiger partial charge < -0.3 is 29.9 Å². The van der Waals surface area contributed by atoms with Crippen LogP contribution in [-0.4, -0.2) is 45.4 Å². The summed E-state index contributed by atoms with van der Waals surface area (Å²) in [6.45, 7) is 6.01. The standard InChI is InChI=1S/C31H31N5O4S/c1-18-15-23(12-13-25(18)33-27(37)17-40-4)36-29(28(34-31(36)41)26-7-5-6-14-32-26)24-16-19(2)35(20(24)3)22-10-8-21(9-11-22)30(38)39/h5-16,28-29H,17H2,1-4H3,(H,33,37)(H,34,41)(H,38,39). The molecule has 1 saturated heterocycles. The van der Waals surface area contributed by atoms with Gasteiger partial charge in [-0.25, -0.2) is 4.79 Å². The maximum Gasteiger partial charge on any atom is 0.335 e. The van der Waals surface area contributed by atoms with Crippen LogP contribution in [0.1, 0.15) is 50.7 Å². The number of nitrogens with zero attached hydrogens (tertiary/aromatic N) is 3. The van der Waals surface area contributed by atoms with E-state index in [1.807, 2.05) is 62.4 Å². The van der Waals surface area contributed by atoms with E-state index < -0.39 is 5.97 Å². The number of amides is 1. The number of carboxylic acids is 1. The van der Waals surface area contributed by atoms with E-state index in [4.69, 9.17) is 17.0 Å². The molecule has 0 radical (unpaired) electrons. The van der Waals surface area contributed by atoms with Crippen LogP contribution < -0.4 is 15.5 Å². The fourth-order valence-electron chi connectivity index (χ4n) is 5.44. The van der Waals surface area contributed by atoms with Crippen LogP contribution in [0, 0.1) is 20.8 Å². The van der Waals surface area contributed by atoms with E-state index in [0.717, 1.165) is 39.6 Å². The maximum atomic E-state index is 12.1. The molecule has 41 heavy (non-hydrogen) atoms. The van der Waals surface area contributed by atoms with Gasteiger partial charge in [0.15, 0.2) is 5.11 Å². The maximum absolute atomic E-state index is 12.1. The van der Waals surface area contributed by atoms with Gasteiger partial charge in [0.25, 0.3) is 0 Å². The van der Waals surface area contributed by atoms with Gasteiger partial charge in [0.1, 0.15) is 6.61 Å². The van der Waals surface area contributed by atoms with Gasteiger partial charge >= 0.3 is 5.97 Å². The fraction of sp³-hybridized carbons (Fsp3) is 0.226. The summed E-state index contributed by atoms with van der Waals surface area (Å²) in [5.74, 6) is -1.18. The predicted octanol–water partition coefficient (Wildman–Crippen LogP) is 5.26. The highest BCUT2D eigenvalue weighted by molar-refractivity contribution is 7.80. The molecular weight excluding hydrogens is 538 g/mol.